The van der Waals surface area contributed by atoms with Crippen molar-refractivity contribution in [3.63, 3.8) is 0 Å². The minimum absolute atomic E-state index is 0.0125. The van der Waals surface area contributed by atoms with Crippen molar-refractivity contribution in [2.45, 2.75) is 101 Å². The number of benzene rings is 2. The maximum absolute atomic E-state index is 13.7. The average Bonchev–Trinajstić information content (AvgIpc) is 3.29. The highest BCUT2D eigenvalue weighted by Gasteiger charge is 2.29. The maximum Gasteiger partial charge on any atom is 0.408 e. The Labute approximate surface area is 372 Å². The highest BCUT2D eigenvalue weighted by atomic mass is 33.1. The van der Waals surface area contributed by atoms with E-state index in [4.69, 9.17) is 42.9 Å². The number of rotatable bonds is 33. The van der Waals surface area contributed by atoms with Crippen LogP contribution >= 0.6 is 21.6 Å². The van der Waals surface area contributed by atoms with Crippen LogP contribution in [0.5, 0.6) is 0 Å². The molecule has 2 rings (SSSR count). The second-order valence-corrected chi connectivity index (χ2v) is 16.3. The van der Waals surface area contributed by atoms with Gasteiger partial charge in [0, 0.05) is 39.9 Å². The summed E-state index contributed by atoms with van der Waals surface area (Å²) in [6, 6.07) is 14.7. The van der Waals surface area contributed by atoms with Crippen LogP contribution in [-0.2, 0) is 70.5 Å². The van der Waals surface area contributed by atoms with Gasteiger partial charge in [-0.25, -0.2) is 24.2 Å². The van der Waals surface area contributed by atoms with Crippen LogP contribution in [0.2, 0.25) is 0 Å². The Morgan fingerprint density at radius 3 is 1.42 bits per heavy atom. The lowest BCUT2D eigenvalue weighted by molar-refractivity contribution is -0.276. The van der Waals surface area contributed by atoms with Crippen LogP contribution in [-0.4, -0.2) is 127 Å². The summed E-state index contributed by atoms with van der Waals surface area (Å²) in [4.78, 5) is 75.7. The molecule has 4 N–H and O–H groups in total. The number of alkyl carbamates (subject to hydrolysis) is 2. The highest BCUT2D eigenvalue weighted by Crippen LogP contribution is 2.24. The monoisotopic (exact) mass is 912 g/mol. The molecule has 2 aromatic rings. The second kappa shape index (κ2) is 33.4. The summed E-state index contributed by atoms with van der Waals surface area (Å²) in [5, 5.41) is 11.0. The summed E-state index contributed by atoms with van der Waals surface area (Å²) < 4.78 is 36.8. The van der Waals surface area contributed by atoms with Crippen molar-refractivity contribution in [1.82, 2.24) is 21.3 Å². The van der Waals surface area contributed by atoms with E-state index in [2.05, 4.69) is 21.3 Å². The van der Waals surface area contributed by atoms with Crippen LogP contribution in [0.4, 0.5) is 9.59 Å². The van der Waals surface area contributed by atoms with Gasteiger partial charge >= 0.3 is 18.2 Å². The molecule has 2 aromatic carbocycles. The fourth-order valence-corrected chi connectivity index (χ4v) is 7.98. The number of amides is 4. The first-order chi connectivity index (χ1) is 30.1. The smallest absolute Gasteiger partial charge is 0.408 e. The van der Waals surface area contributed by atoms with E-state index in [-0.39, 0.29) is 39.1 Å². The molecule has 0 aliphatic heterocycles. The SMILES string of the molecule is COOCC(CCCC(OC)OC)NC(=O)C(CCSSCCC(NC(=O)OCc1ccccc1)C(=O)NC(CCCC(OC)OC)C(=O)OC)NC(=O)OCc1ccccc1. The van der Waals surface area contributed by atoms with Crippen LogP contribution < -0.4 is 21.3 Å². The van der Waals surface area contributed by atoms with E-state index in [1.165, 1.54) is 50.0 Å². The summed E-state index contributed by atoms with van der Waals surface area (Å²) >= 11 is 0. The Morgan fingerprint density at radius 1 is 0.532 bits per heavy atom. The molecule has 0 bridgehead atoms. The second-order valence-electron chi connectivity index (χ2n) is 13.6. The normalized spacial score (nSPS) is 13.1. The Morgan fingerprint density at radius 2 is 0.984 bits per heavy atom. The zero-order valence-corrected chi connectivity index (χ0v) is 38.1. The van der Waals surface area contributed by atoms with E-state index in [0.717, 1.165) is 11.1 Å². The van der Waals surface area contributed by atoms with Crippen LogP contribution in [0.25, 0.3) is 0 Å². The fourth-order valence-electron chi connectivity index (χ4n) is 5.80. The molecule has 18 nitrogen and oxygen atoms in total. The molecule has 0 saturated heterocycles. The van der Waals surface area contributed by atoms with Crippen molar-refractivity contribution >= 4 is 51.6 Å². The van der Waals surface area contributed by atoms with Crippen LogP contribution in [0.3, 0.4) is 0 Å². The molecule has 0 spiro atoms. The molecular weight excluding hydrogens is 849 g/mol. The van der Waals surface area contributed by atoms with Crippen molar-refractivity contribution in [2.24, 2.45) is 0 Å². The largest absolute Gasteiger partial charge is 0.467 e. The first-order valence-electron chi connectivity index (χ1n) is 20.2. The van der Waals surface area contributed by atoms with E-state index >= 15 is 0 Å². The van der Waals surface area contributed by atoms with Gasteiger partial charge < -0.3 is 54.4 Å². The predicted molar refractivity (Wildman–Crippen MR) is 233 cm³/mol. The number of carbonyl (C=O) groups excluding carboxylic acids is 5. The lowest BCUT2D eigenvalue weighted by Crippen LogP contribution is -2.52. The van der Waals surface area contributed by atoms with Crippen molar-refractivity contribution < 1.29 is 66.9 Å². The van der Waals surface area contributed by atoms with Gasteiger partial charge in [-0.1, -0.05) is 82.3 Å². The topological polar surface area (TPSA) is 217 Å². The van der Waals surface area contributed by atoms with Crippen LogP contribution in [0.15, 0.2) is 60.7 Å². The van der Waals surface area contributed by atoms with Gasteiger partial charge in [-0.15, -0.1) is 0 Å². The third kappa shape index (κ3) is 23.3. The van der Waals surface area contributed by atoms with Crippen molar-refractivity contribution in [1.29, 1.82) is 0 Å². The van der Waals surface area contributed by atoms with Gasteiger partial charge in [0.1, 0.15) is 37.9 Å². The minimum Gasteiger partial charge on any atom is -0.467 e. The van der Waals surface area contributed by atoms with Crippen molar-refractivity contribution in [2.75, 3.05) is 60.8 Å². The first-order valence-corrected chi connectivity index (χ1v) is 22.7. The number of esters is 1. The van der Waals surface area contributed by atoms with Gasteiger partial charge in [0.05, 0.1) is 20.3 Å². The quantitative estimate of drug-likeness (QED) is 0.0140. The molecule has 20 heteroatoms. The van der Waals surface area contributed by atoms with Gasteiger partial charge in [0.2, 0.25) is 11.8 Å². The first kappa shape index (κ1) is 54.0. The molecule has 62 heavy (non-hydrogen) atoms. The van der Waals surface area contributed by atoms with Crippen molar-refractivity contribution in [3.05, 3.63) is 71.8 Å². The molecule has 4 unspecified atom stereocenters. The standard InChI is InChI=1S/C42H64N4O14S2/c1-52-36(53-2)21-13-19-32(29-60-57-6)43-38(47)33(45-41(50)58-27-30-15-9-7-10-16-30)23-25-61-62-26-24-34(46-42(51)59-28-31-17-11-8-12-18-31)39(48)44-35(40(49)56-5)20-14-22-37(54-3)55-4/h7-12,15-18,32-37H,13-14,19-29H2,1-6H3,(H,43,47)(H,44,48)(H,45,50)(H,46,51). The number of hydrogen-bond acceptors (Lipinski definition) is 16. The Kier molecular flexibility index (Phi) is 29.1. The number of nitrogens with one attached hydrogen (secondary N) is 4. The van der Waals surface area contributed by atoms with Gasteiger partial charge in [-0.05, 0) is 62.5 Å². The van der Waals surface area contributed by atoms with Crippen molar-refractivity contribution in [3.8, 4) is 0 Å². The summed E-state index contributed by atoms with van der Waals surface area (Å²) in [5.41, 5.74) is 1.55. The zero-order chi connectivity index (χ0) is 45.4. The average molecular weight is 913 g/mol. The third-order valence-corrected chi connectivity index (χ3v) is 11.7. The molecule has 0 heterocycles. The molecule has 0 aliphatic rings. The lowest BCUT2D eigenvalue weighted by Gasteiger charge is -2.23. The summed E-state index contributed by atoms with van der Waals surface area (Å²) in [7, 11) is 11.5. The van der Waals surface area contributed by atoms with E-state index < -0.39 is 66.7 Å². The number of carbonyl (C=O) groups is 5. The lowest BCUT2D eigenvalue weighted by atomic mass is 10.1. The highest BCUT2D eigenvalue weighted by molar-refractivity contribution is 8.76. The number of methoxy groups -OCH3 is 5. The molecule has 348 valence electrons. The zero-order valence-electron chi connectivity index (χ0n) is 36.5. The van der Waals surface area contributed by atoms with E-state index in [1.54, 1.807) is 26.4 Å². The molecular formula is C42H64N4O14S2. The molecule has 4 atom stereocenters. The molecule has 0 aliphatic carbocycles. The Hall–Kier alpha value is -4.15. The molecule has 4 amide bonds. The third-order valence-electron chi connectivity index (χ3n) is 9.22. The number of hydrogen-bond donors (Lipinski definition) is 4. The molecule has 0 fully saturated rings. The predicted octanol–water partition coefficient (Wildman–Crippen LogP) is 5.04. The Bertz CT molecular complexity index is 1540. The molecule has 0 radical (unpaired) electrons. The van der Waals surface area contributed by atoms with Crippen LogP contribution in [0, 0.1) is 0 Å². The van der Waals surface area contributed by atoms with Gasteiger partial charge in [0.15, 0.2) is 12.6 Å². The summed E-state index contributed by atoms with van der Waals surface area (Å²) in [6.07, 6.45) is 0.845. The number of ether oxygens (including phenoxy) is 7. The molecule has 0 saturated carbocycles. The van der Waals surface area contributed by atoms with Crippen LogP contribution in [0.1, 0.15) is 62.5 Å². The maximum atomic E-state index is 13.7. The van der Waals surface area contributed by atoms with Gasteiger partial charge in [-0.3, -0.25) is 9.59 Å². The summed E-state index contributed by atoms with van der Waals surface area (Å²) in [6.45, 7) is 0.0657. The van der Waals surface area contributed by atoms with E-state index in [9.17, 15) is 24.0 Å². The van der Waals surface area contributed by atoms with E-state index in [0.29, 0.717) is 43.6 Å². The molecule has 0 aromatic heterocycles. The van der Waals surface area contributed by atoms with Gasteiger partial charge in [-0.2, -0.15) is 0 Å². The van der Waals surface area contributed by atoms with E-state index in [1.807, 2.05) is 48.5 Å². The fraction of sp³-hybridized carbons (Fsp3) is 0.595. The minimum atomic E-state index is -1.07. The van der Waals surface area contributed by atoms with Gasteiger partial charge in [0.25, 0.3) is 0 Å². The summed E-state index contributed by atoms with van der Waals surface area (Å²) in [5.74, 6) is -0.902. The Balaban J connectivity index is 2.09.